The minimum Gasteiger partial charge on any atom is -0.385 e. The molecule has 0 spiro atoms. The fourth-order valence-electron chi connectivity index (χ4n) is 2.11. The highest BCUT2D eigenvalue weighted by Gasteiger charge is 2.07. The van der Waals surface area contributed by atoms with Crippen LogP contribution in [0.25, 0.3) is 0 Å². The molecule has 2 rings (SSSR count). The Morgan fingerprint density at radius 2 is 2.00 bits per heavy atom. The maximum Gasteiger partial charge on any atom is 0.271 e. The molecular weight excluding hydrogens is 363 g/mol. The monoisotopic (exact) mass is 382 g/mol. The van der Waals surface area contributed by atoms with Gasteiger partial charge in [-0.25, -0.2) is 0 Å². The quantitative estimate of drug-likeness (QED) is 0.651. The number of methoxy groups -OCH3 is 1. The van der Waals surface area contributed by atoms with Gasteiger partial charge in [0.25, 0.3) is 5.91 Å². The van der Waals surface area contributed by atoms with Crippen LogP contribution in [0.4, 0.5) is 5.82 Å². The summed E-state index contributed by atoms with van der Waals surface area (Å²) >= 11 is 12.0. The second-order valence-corrected chi connectivity index (χ2v) is 6.16. The molecular formula is C17H20Cl2N4O2. The number of anilines is 1. The van der Waals surface area contributed by atoms with Gasteiger partial charge in [-0.05, 0) is 42.7 Å². The first-order valence-electron chi connectivity index (χ1n) is 7.89. The van der Waals surface area contributed by atoms with E-state index in [0.717, 1.165) is 18.4 Å². The summed E-state index contributed by atoms with van der Waals surface area (Å²) in [6.07, 6.45) is 1.47. The van der Waals surface area contributed by atoms with E-state index < -0.39 is 0 Å². The first-order chi connectivity index (χ1) is 12.1. The smallest absolute Gasteiger partial charge is 0.271 e. The predicted octanol–water partition coefficient (Wildman–Crippen LogP) is 3.20. The van der Waals surface area contributed by atoms with Gasteiger partial charge in [-0.2, -0.15) is 0 Å². The molecule has 0 aliphatic carbocycles. The van der Waals surface area contributed by atoms with E-state index in [2.05, 4.69) is 20.8 Å². The van der Waals surface area contributed by atoms with E-state index in [4.69, 9.17) is 27.9 Å². The Kier molecular flexibility index (Phi) is 7.91. The number of aromatic nitrogens is 2. The molecule has 0 aliphatic rings. The Hall–Kier alpha value is -1.89. The van der Waals surface area contributed by atoms with Crippen molar-refractivity contribution in [2.45, 2.75) is 12.8 Å². The number of halogens is 2. The summed E-state index contributed by atoms with van der Waals surface area (Å²) in [6, 6.07) is 8.78. The van der Waals surface area contributed by atoms with Gasteiger partial charge >= 0.3 is 0 Å². The van der Waals surface area contributed by atoms with Crippen molar-refractivity contribution in [3.63, 3.8) is 0 Å². The minimum absolute atomic E-state index is 0.247. The first-order valence-corrected chi connectivity index (χ1v) is 8.64. The van der Waals surface area contributed by atoms with Gasteiger partial charge in [0.15, 0.2) is 5.69 Å². The summed E-state index contributed by atoms with van der Waals surface area (Å²) in [5.41, 5.74) is 1.28. The largest absolute Gasteiger partial charge is 0.385 e. The second kappa shape index (κ2) is 10.2. The Labute approximate surface area is 156 Å². The second-order valence-electron chi connectivity index (χ2n) is 5.32. The summed E-state index contributed by atoms with van der Waals surface area (Å²) in [5.74, 6) is 0.351. The van der Waals surface area contributed by atoms with Gasteiger partial charge in [0.2, 0.25) is 0 Å². The van der Waals surface area contributed by atoms with E-state index >= 15 is 0 Å². The standard InChI is InChI=1S/C17H20Cl2N4O2/c1-25-10-2-8-21-17(24)15-5-6-16(23-22-15)20-9-7-12-3-4-13(18)11-14(12)19/h3-6,11H,2,7-10H2,1H3,(H,20,23)(H,21,24). The van der Waals surface area contributed by atoms with Gasteiger partial charge in [0, 0.05) is 36.9 Å². The van der Waals surface area contributed by atoms with Crippen LogP contribution in [0, 0.1) is 0 Å². The van der Waals surface area contributed by atoms with Gasteiger partial charge in [-0.1, -0.05) is 29.3 Å². The van der Waals surface area contributed by atoms with Gasteiger partial charge < -0.3 is 15.4 Å². The molecule has 134 valence electrons. The highest BCUT2D eigenvalue weighted by Crippen LogP contribution is 2.21. The van der Waals surface area contributed by atoms with Crippen LogP contribution >= 0.6 is 23.2 Å². The number of nitrogens with zero attached hydrogens (tertiary/aromatic N) is 2. The van der Waals surface area contributed by atoms with Crippen LogP contribution in [-0.2, 0) is 11.2 Å². The summed E-state index contributed by atoms with van der Waals surface area (Å²) in [5, 5.41) is 15.1. The van der Waals surface area contributed by atoms with E-state index in [0.29, 0.717) is 35.6 Å². The normalized spacial score (nSPS) is 10.5. The molecule has 6 nitrogen and oxygen atoms in total. The lowest BCUT2D eigenvalue weighted by atomic mass is 10.1. The zero-order valence-electron chi connectivity index (χ0n) is 13.9. The van der Waals surface area contributed by atoms with Gasteiger partial charge in [-0.3, -0.25) is 4.79 Å². The molecule has 2 N–H and O–H groups in total. The summed E-state index contributed by atoms with van der Waals surface area (Å²) < 4.78 is 4.93. The third-order valence-electron chi connectivity index (χ3n) is 3.42. The zero-order chi connectivity index (χ0) is 18.1. The van der Waals surface area contributed by atoms with Crippen LogP contribution < -0.4 is 10.6 Å². The number of hydrogen-bond acceptors (Lipinski definition) is 5. The molecule has 0 unspecified atom stereocenters. The average molecular weight is 383 g/mol. The lowest BCUT2D eigenvalue weighted by Gasteiger charge is -2.08. The highest BCUT2D eigenvalue weighted by molar-refractivity contribution is 6.35. The van der Waals surface area contributed by atoms with Crippen LogP contribution in [0.1, 0.15) is 22.5 Å². The number of nitrogens with one attached hydrogen (secondary N) is 2. The molecule has 8 heteroatoms. The molecule has 0 saturated heterocycles. The molecule has 1 heterocycles. The summed E-state index contributed by atoms with van der Waals surface area (Å²) in [6.45, 7) is 1.78. The molecule has 2 aromatic rings. The number of rotatable bonds is 9. The topological polar surface area (TPSA) is 76.1 Å². The number of carbonyl (C=O) groups excluding carboxylic acids is 1. The molecule has 1 amide bonds. The Balaban J connectivity index is 1.79. The van der Waals surface area contributed by atoms with E-state index in [1.165, 1.54) is 0 Å². The number of benzene rings is 1. The van der Waals surface area contributed by atoms with Crippen molar-refractivity contribution >= 4 is 34.9 Å². The summed E-state index contributed by atoms with van der Waals surface area (Å²) in [7, 11) is 1.62. The number of hydrogen-bond donors (Lipinski definition) is 2. The maximum absolute atomic E-state index is 11.9. The zero-order valence-corrected chi connectivity index (χ0v) is 15.4. The van der Waals surface area contributed by atoms with Gasteiger partial charge in [0.1, 0.15) is 5.82 Å². The van der Waals surface area contributed by atoms with Crippen LogP contribution in [0.5, 0.6) is 0 Å². The SMILES string of the molecule is COCCCNC(=O)c1ccc(NCCc2ccc(Cl)cc2Cl)nn1. The van der Waals surface area contributed by atoms with Gasteiger partial charge in [-0.15, -0.1) is 10.2 Å². The number of amides is 1. The van der Waals surface area contributed by atoms with E-state index in [1.54, 1.807) is 25.3 Å². The molecule has 0 saturated carbocycles. The summed E-state index contributed by atoms with van der Waals surface area (Å²) in [4.78, 5) is 11.9. The van der Waals surface area contributed by atoms with Crippen LogP contribution in [-0.4, -0.2) is 42.9 Å². The molecule has 1 aromatic carbocycles. The fraction of sp³-hybridized carbons (Fsp3) is 0.353. The van der Waals surface area contributed by atoms with Crippen molar-refractivity contribution in [2.75, 3.05) is 32.1 Å². The van der Waals surface area contributed by atoms with Crippen molar-refractivity contribution in [1.82, 2.24) is 15.5 Å². The van der Waals surface area contributed by atoms with E-state index in [-0.39, 0.29) is 11.6 Å². The lowest BCUT2D eigenvalue weighted by Crippen LogP contribution is -2.26. The molecule has 0 radical (unpaired) electrons. The highest BCUT2D eigenvalue weighted by atomic mass is 35.5. The minimum atomic E-state index is -0.247. The van der Waals surface area contributed by atoms with Crippen molar-refractivity contribution in [2.24, 2.45) is 0 Å². The average Bonchev–Trinajstić information content (AvgIpc) is 2.61. The van der Waals surface area contributed by atoms with Crippen LogP contribution in [0.2, 0.25) is 10.0 Å². The Morgan fingerprint density at radius 1 is 1.16 bits per heavy atom. The lowest BCUT2D eigenvalue weighted by molar-refractivity contribution is 0.0942. The van der Waals surface area contributed by atoms with E-state index in [1.807, 2.05) is 12.1 Å². The number of ether oxygens (including phenoxy) is 1. The van der Waals surface area contributed by atoms with Gasteiger partial charge in [0.05, 0.1) is 0 Å². The third-order valence-corrected chi connectivity index (χ3v) is 4.01. The Morgan fingerprint density at radius 3 is 2.68 bits per heavy atom. The number of carbonyl (C=O) groups is 1. The molecule has 0 fully saturated rings. The van der Waals surface area contributed by atoms with Crippen LogP contribution in [0.3, 0.4) is 0 Å². The van der Waals surface area contributed by atoms with Crippen molar-refractivity contribution < 1.29 is 9.53 Å². The molecule has 0 bridgehead atoms. The molecule has 1 aromatic heterocycles. The predicted molar refractivity (Wildman–Crippen MR) is 99.5 cm³/mol. The Bertz CT molecular complexity index is 696. The van der Waals surface area contributed by atoms with Crippen molar-refractivity contribution in [3.05, 3.63) is 51.6 Å². The molecule has 0 atom stereocenters. The third kappa shape index (κ3) is 6.49. The van der Waals surface area contributed by atoms with Crippen molar-refractivity contribution in [1.29, 1.82) is 0 Å². The fourth-order valence-corrected chi connectivity index (χ4v) is 2.61. The van der Waals surface area contributed by atoms with Crippen LogP contribution in [0.15, 0.2) is 30.3 Å². The molecule has 25 heavy (non-hydrogen) atoms. The van der Waals surface area contributed by atoms with Crippen molar-refractivity contribution in [3.8, 4) is 0 Å². The first kappa shape index (κ1) is 19.4. The molecule has 0 aliphatic heterocycles. The maximum atomic E-state index is 11.9. The van der Waals surface area contributed by atoms with E-state index in [9.17, 15) is 4.79 Å².